The highest BCUT2D eigenvalue weighted by molar-refractivity contribution is 7.99. The van der Waals surface area contributed by atoms with Crippen molar-refractivity contribution in [3.8, 4) is 5.75 Å². The van der Waals surface area contributed by atoms with E-state index in [1.165, 1.54) is 11.8 Å². The first-order valence-corrected chi connectivity index (χ1v) is 10.6. The van der Waals surface area contributed by atoms with E-state index in [4.69, 9.17) is 4.74 Å². The number of ether oxygens (including phenoxy) is 1. The maximum atomic E-state index is 12.5. The second-order valence-corrected chi connectivity index (χ2v) is 7.68. The van der Waals surface area contributed by atoms with Crippen molar-refractivity contribution < 1.29 is 9.53 Å². The molecule has 2 aromatic heterocycles. The summed E-state index contributed by atoms with van der Waals surface area (Å²) in [4.78, 5) is 24.1. The van der Waals surface area contributed by atoms with Crippen LogP contribution in [0.15, 0.2) is 78.3 Å². The van der Waals surface area contributed by atoms with Crippen molar-refractivity contribution in [1.82, 2.24) is 20.3 Å². The van der Waals surface area contributed by atoms with E-state index in [0.29, 0.717) is 11.7 Å². The van der Waals surface area contributed by atoms with Crippen LogP contribution in [0, 0.1) is 0 Å². The highest BCUT2D eigenvalue weighted by atomic mass is 32.2. The average Bonchev–Trinajstić information content (AvgIpc) is 3.23. The molecule has 1 amide bonds. The van der Waals surface area contributed by atoms with Crippen LogP contribution in [0.25, 0.3) is 10.9 Å². The number of fused-ring (bicyclic) bond motifs is 1. The molecule has 0 fully saturated rings. The summed E-state index contributed by atoms with van der Waals surface area (Å²) in [5, 5.41) is 4.82. The summed E-state index contributed by atoms with van der Waals surface area (Å²) in [5.74, 6) is 1.03. The minimum absolute atomic E-state index is 0.00832. The van der Waals surface area contributed by atoms with Crippen molar-refractivity contribution in [3.63, 3.8) is 0 Å². The third-order valence-corrected chi connectivity index (χ3v) is 5.77. The van der Waals surface area contributed by atoms with Crippen LogP contribution in [-0.2, 0) is 4.79 Å². The van der Waals surface area contributed by atoms with Gasteiger partial charge in [0.2, 0.25) is 5.91 Å². The number of H-pyrrole nitrogens is 1. The van der Waals surface area contributed by atoms with Crippen molar-refractivity contribution >= 4 is 28.6 Å². The molecular formula is C23H22N4O2S. The Kier molecular flexibility index (Phi) is 6.29. The summed E-state index contributed by atoms with van der Waals surface area (Å²) in [5.41, 5.74) is 3.34. The van der Waals surface area contributed by atoms with Crippen molar-refractivity contribution in [2.24, 2.45) is 0 Å². The number of hydrogen-bond acceptors (Lipinski definition) is 5. The molecule has 6 nitrogen and oxygen atoms in total. The van der Waals surface area contributed by atoms with Crippen LogP contribution in [0.3, 0.4) is 0 Å². The number of rotatable bonds is 8. The summed E-state index contributed by atoms with van der Waals surface area (Å²) < 4.78 is 5.29. The third kappa shape index (κ3) is 4.63. The van der Waals surface area contributed by atoms with E-state index in [1.54, 1.807) is 25.6 Å². The number of aromatic nitrogens is 3. The first-order chi connectivity index (χ1) is 14.7. The normalized spacial score (nSPS) is 11.9. The molecule has 4 rings (SSSR count). The van der Waals surface area contributed by atoms with Crippen molar-refractivity contribution in [3.05, 3.63) is 84.3 Å². The number of benzene rings is 2. The highest BCUT2D eigenvalue weighted by Crippen LogP contribution is 2.31. The number of aromatic amines is 1. The van der Waals surface area contributed by atoms with Gasteiger partial charge in [0.05, 0.1) is 12.9 Å². The molecule has 2 aromatic carbocycles. The Balaban J connectivity index is 1.52. The van der Waals surface area contributed by atoms with Crippen LogP contribution in [0.1, 0.15) is 17.0 Å². The number of methoxy groups -OCH3 is 1. The van der Waals surface area contributed by atoms with Gasteiger partial charge in [-0.05, 0) is 35.4 Å². The fourth-order valence-corrected chi connectivity index (χ4v) is 4.02. The van der Waals surface area contributed by atoms with Crippen molar-refractivity contribution in [1.29, 1.82) is 0 Å². The van der Waals surface area contributed by atoms with E-state index < -0.39 is 0 Å². The van der Waals surface area contributed by atoms with E-state index in [0.717, 1.165) is 27.8 Å². The molecule has 0 unspecified atom stereocenters. The zero-order valence-corrected chi connectivity index (χ0v) is 17.4. The molecular weight excluding hydrogens is 396 g/mol. The van der Waals surface area contributed by atoms with E-state index in [9.17, 15) is 4.79 Å². The number of hydrogen-bond donors (Lipinski definition) is 2. The Morgan fingerprint density at radius 2 is 1.87 bits per heavy atom. The number of carbonyl (C=O) groups excluding carboxylic acids is 1. The van der Waals surface area contributed by atoms with Crippen LogP contribution in [-0.4, -0.2) is 40.3 Å². The first kappa shape index (κ1) is 20.0. The van der Waals surface area contributed by atoms with Gasteiger partial charge in [0.25, 0.3) is 0 Å². The van der Waals surface area contributed by atoms with Gasteiger partial charge >= 0.3 is 0 Å². The van der Waals surface area contributed by atoms with Crippen molar-refractivity contribution in [2.75, 3.05) is 19.4 Å². The highest BCUT2D eigenvalue weighted by Gasteiger charge is 2.19. The van der Waals surface area contributed by atoms with Gasteiger partial charge in [-0.2, -0.15) is 0 Å². The SMILES string of the molecule is COc1ccc([C@@H](CNC(=O)CSc2ncccn2)c2c[nH]c3ccccc23)cc1. The van der Waals surface area contributed by atoms with Crippen LogP contribution >= 0.6 is 11.8 Å². The average molecular weight is 419 g/mol. The molecule has 1 atom stereocenters. The molecule has 0 spiro atoms. The molecule has 0 radical (unpaired) electrons. The van der Waals surface area contributed by atoms with Gasteiger partial charge in [-0.1, -0.05) is 42.1 Å². The Morgan fingerprint density at radius 3 is 2.63 bits per heavy atom. The van der Waals surface area contributed by atoms with E-state index in [-0.39, 0.29) is 17.6 Å². The quantitative estimate of drug-likeness (QED) is 0.334. The summed E-state index contributed by atoms with van der Waals surface area (Å²) >= 11 is 1.32. The third-order valence-electron chi connectivity index (χ3n) is 4.89. The van der Waals surface area contributed by atoms with Gasteiger partial charge < -0.3 is 15.0 Å². The molecule has 0 aliphatic rings. The lowest BCUT2D eigenvalue weighted by molar-refractivity contribution is -0.118. The Hall–Kier alpha value is -3.32. The fourth-order valence-electron chi connectivity index (χ4n) is 3.38. The van der Waals surface area contributed by atoms with Gasteiger partial charge in [0, 0.05) is 42.0 Å². The Morgan fingerprint density at radius 1 is 1.10 bits per heavy atom. The van der Waals surface area contributed by atoms with Crippen molar-refractivity contribution in [2.45, 2.75) is 11.1 Å². The predicted octanol–water partition coefficient (Wildman–Crippen LogP) is 4.01. The summed E-state index contributed by atoms with van der Waals surface area (Å²) in [6.45, 7) is 0.489. The summed E-state index contributed by atoms with van der Waals surface area (Å²) in [6.07, 6.45) is 5.37. The summed E-state index contributed by atoms with van der Waals surface area (Å²) in [6, 6.07) is 17.9. The van der Waals surface area contributed by atoms with E-state index in [2.05, 4.69) is 32.4 Å². The van der Waals surface area contributed by atoms with Crippen LogP contribution < -0.4 is 10.1 Å². The zero-order chi connectivity index (χ0) is 20.8. The van der Waals surface area contributed by atoms with Crippen LogP contribution in [0.4, 0.5) is 0 Å². The maximum Gasteiger partial charge on any atom is 0.230 e. The number of thioether (sulfide) groups is 1. The number of nitrogens with zero attached hydrogens (tertiary/aromatic N) is 2. The molecule has 2 N–H and O–H groups in total. The number of nitrogens with one attached hydrogen (secondary N) is 2. The molecule has 0 bridgehead atoms. The molecule has 152 valence electrons. The number of carbonyl (C=O) groups is 1. The lowest BCUT2D eigenvalue weighted by Gasteiger charge is -2.18. The van der Waals surface area contributed by atoms with E-state index >= 15 is 0 Å². The molecule has 30 heavy (non-hydrogen) atoms. The standard InChI is InChI=1S/C23H22N4O2S/c1-29-17-9-7-16(8-10-17)19(20-14-26-21-6-3-2-5-18(20)21)13-27-22(28)15-30-23-24-11-4-12-25-23/h2-12,14,19,26H,13,15H2,1H3,(H,27,28)/t19-/m1/s1. The fraction of sp³-hybridized carbons (Fsp3) is 0.174. The Labute approximate surface area is 179 Å². The van der Waals surface area contributed by atoms with Gasteiger partial charge in [0.1, 0.15) is 5.75 Å². The van der Waals surface area contributed by atoms with Gasteiger partial charge in [-0.15, -0.1) is 0 Å². The number of para-hydroxylation sites is 1. The molecule has 0 saturated carbocycles. The minimum atomic E-state index is -0.0502. The van der Waals surface area contributed by atoms with E-state index in [1.807, 2.05) is 42.6 Å². The first-order valence-electron chi connectivity index (χ1n) is 9.61. The lowest BCUT2D eigenvalue weighted by Crippen LogP contribution is -2.30. The zero-order valence-electron chi connectivity index (χ0n) is 16.5. The molecule has 4 aromatic rings. The predicted molar refractivity (Wildman–Crippen MR) is 119 cm³/mol. The molecule has 0 aliphatic carbocycles. The van der Waals surface area contributed by atoms with Crippen LogP contribution in [0.5, 0.6) is 5.75 Å². The topological polar surface area (TPSA) is 79.9 Å². The number of amides is 1. The van der Waals surface area contributed by atoms with Gasteiger partial charge in [-0.25, -0.2) is 9.97 Å². The maximum absolute atomic E-state index is 12.5. The second kappa shape index (κ2) is 9.45. The largest absolute Gasteiger partial charge is 0.497 e. The lowest BCUT2D eigenvalue weighted by atomic mass is 9.91. The molecule has 0 saturated heterocycles. The monoisotopic (exact) mass is 418 g/mol. The summed E-state index contributed by atoms with van der Waals surface area (Å²) in [7, 11) is 1.65. The van der Waals surface area contributed by atoms with Gasteiger partial charge in [-0.3, -0.25) is 4.79 Å². The molecule has 7 heteroatoms. The second-order valence-electron chi connectivity index (χ2n) is 6.74. The molecule has 0 aliphatic heterocycles. The van der Waals surface area contributed by atoms with Crippen LogP contribution in [0.2, 0.25) is 0 Å². The smallest absolute Gasteiger partial charge is 0.230 e. The Bertz CT molecular complexity index is 1110. The minimum Gasteiger partial charge on any atom is -0.497 e. The van der Waals surface area contributed by atoms with Gasteiger partial charge in [0.15, 0.2) is 5.16 Å². The molecule has 2 heterocycles.